The van der Waals surface area contributed by atoms with Crippen LogP contribution in [0, 0.1) is 11.3 Å². The molecule has 8 rings (SSSR count). The van der Waals surface area contributed by atoms with E-state index in [-0.39, 0.29) is 16.9 Å². The fraction of sp³-hybridized carbons (Fsp3) is 0.438. The summed E-state index contributed by atoms with van der Waals surface area (Å²) in [4.78, 5) is 32.6. The number of benzene rings is 1. The van der Waals surface area contributed by atoms with Gasteiger partial charge in [0.25, 0.3) is 5.56 Å². The number of anilines is 3. The molecule has 10 nitrogen and oxygen atoms in total. The molecule has 1 aromatic carbocycles. The topological polar surface area (TPSA) is 104 Å². The SMILES string of the molecule is C=CCn1c(=O)c2cnc(Nc3ccc(N4CCN(C)CC4)cc3)nc2n1-c1ccc2c(n1)C(O)(C1CC1)C1(CC1)C2. The zero-order valence-corrected chi connectivity index (χ0v) is 24.0. The van der Waals surface area contributed by atoms with Crippen molar-refractivity contribution < 1.29 is 5.11 Å². The lowest BCUT2D eigenvalue weighted by molar-refractivity contribution is -0.0501. The minimum Gasteiger partial charge on any atom is -0.383 e. The standard InChI is InChI=1S/C32H36N8O2/c1-3-14-39-29(41)25-20-33-30(34-23-7-9-24(10-8-23)38-17-15-37(2)16-18-38)36-28(25)40(39)26-11-4-21-19-31(12-13-31)32(42,22-5-6-22)27(21)35-26/h3-4,7-11,20,22,42H,1,5-6,12-19H2,2H3,(H,33,34,36). The highest BCUT2D eigenvalue weighted by atomic mass is 16.3. The Morgan fingerprint density at radius 2 is 1.83 bits per heavy atom. The summed E-state index contributed by atoms with van der Waals surface area (Å²) in [7, 11) is 2.16. The van der Waals surface area contributed by atoms with Gasteiger partial charge in [0.15, 0.2) is 11.5 Å². The number of aliphatic hydroxyl groups is 1. The first-order chi connectivity index (χ1) is 20.4. The Bertz CT molecular complexity index is 1760. The molecule has 0 amide bonds. The molecule has 216 valence electrons. The molecule has 1 atom stereocenters. The van der Waals surface area contributed by atoms with Crippen molar-refractivity contribution in [3.8, 4) is 5.82 Å². The van der Waals surface area contributed by atoms with Crippen LogP contribution in [0.2, 0.25) is 0 Å². The average molecular weight is 565 g/mol. The molecule has 2 saturated carbocycles. The molecule has 1 unspecified atom stereocenters. The van der Waals surface area contributed by atoms with Gasteiger partial charge in [-0.25, -0.2) is 19.3 Å². The summed E-state index contributed by atoms with van der Waals surface area (Å²) in [6, 6.07) is 12.3. The molecule has 4 aromatic rings. The molecule has 1 aliphatic heterocycles. The van der Waals surface area contributed by atoms with Gasteiger partial charge in [0.2, 0.25) is 5.95 Å². The van der Waals surface area contributed by atoms with E-state index >= 15 is 0 Å². The molecule has 2 N–H and O–H groups in total. The first-order valence-corrected chi connectivity index (χ1v) is 15.0. The number of likely N-dealkylation sites (N-methyl/N-ethyl adjacent to an activating group) is 1. The van der Waals surface area contributed by atoms with Crippen molar-refractivity contribution in [3.05, 3.63) is 76.9 Å². The molecular weight excluding hydrogens is 528 g/mol. The van der Waals surface area contributed by atoms with Crippen LogP contribution in [0.5, 0.6) is 0 Å². The van der Waals surface area contributed by atoms with E-state index in [4.69, 9.17) is 9.97 Å². The van der Waals surface area contributed by atoms with Gasteiger partial charge in [-0.3, -0.25) is 4.79 Å². The van der Waals surface area contributed by atoms with Crippen molar-refractivity contribution in [2.45, 2.75) is 44.2 Å². The fourth-order valence-corrected chi connectivity index (χ4v) is 7.21. The third kappa shape index (κ3) is 3.85. The van der Waals surface area contributed by atoms with Crippen molar-refractivity contribution in [1.29, 1.82) is 0 Å². The summed E-state index contributed by atoms with van der Waals surface area (Å²) in [5, 5.41) is 15.8. The molecule has 3 aromatic heterocycles. The van der Waals surface area contributed by atoms with E-state index in [0.29, 0.717) is 29.3 Å². The van der Waals surface area contributed by atoms with Crippen LogP contribution in [0.3, 0.4) is 0 Å². The smallest absolute Gasteiger partial charge is 0.278 e. The molecule has 0 radical (unpaired) electrons. The maximum Gasteiger partial charge on any atom is 0.278 e. The second kappa shape index (κ2) is 9.24. The van der Waals surface area contributed by atoms with Gasteiger partial charge in [-0.1, -0.05) is 12.1 Å². The van der Waals surface area contributed by atoms with E-state index in [1.165, 1.54) is 5.69 Å². The minimum atomic E-state index is -0.886. The van der Waals surface area contributed by atoms with Crippen LogP contribution in [-0.2, 0) is 18.6 Å². The highest BCUT2D eigenvalue weighted by Gasteiger charge is 2.69. The lowest BCUT2D eigenvalue weighted by Crippen LogP contribution is -2.44. The highest BCUT2D eigenvalue weighted by Crippen LogP contribution is 2.70. The highest BCUT2D eigenvalue weighted by molar-refractivity contribution is 5.77. The minimum absolute atomic E-state index is 0.0686. The second-order valence-electron chi connectivity index (χ2n) is 12.6. The van der Waals surface area contributed by atoms with Gasteiger partial charge in [-0.15, -0.1) is 6.58 Å². The Balaban J connectivity index is 1.16. The van der Waals surface area contributed by atoms with Crippen LogP contribution in [0.25, 0.3) is 16.9 Å². The van der Waals surface area contributed by atoms with Gasteiger partial charge in [0.1, 0.15) is 11.0 Å². The van der Waals surface area contributed by atoms with Gasteiger partial charge in [0, 0.05) is 49.2 Å². The number of allylic oxidation sites excluding steroid dienone is 1. The Morgan fingerprint density at radius 3 is 2.52 bits per heavy atom. The summed E-state index contributed by atoms with van der Waals surface area (Å²) >= 11 is 0. The summed E-state index contributed by atoms with van der Waals surface area (Å²) < 4.78 is 3.35. The van der Waals surface area contributed by atoms with Crippen molar-refractivity contribution in [2.24, 2.45) is 11.3 Å². The van der Waals surface area contributed by atoms with Crippen LogP contribution < -0.4 is 15.8 Å². The summed E-state index contributed by atoms with van der Waals surface area (Å²) in [5.74, 6) is 1.23. The summed E-state index contributed by atoms with van der Waals surface area (Å²) in [6.45, 7) is 8.30. The third-order valence-corrected chi connectivity index (χ3v) is 9.87. The molecule has 1 saturated heterocycles. The predicted octanol–water partition coefficient (Wildman–Crippen LogP) is 3.59. The molecule has 0 bridgehead atoms. The van der Waals surface area contributed by atoms with Crippen molar-refractivity contribution in [3.63, 3.8) is 0 Å². The number of piperazine rings is 1. The molecule has 1 spiro atoms. The van der Waals surface area contributed by atoms with Crippen molar-refractivity contribution >= 4 is 28.4 Å². The Morgan fingerprint density at radius 1 is 1.07 bits per heavy atom. The number of hydrogen-bond donors (Lipinski definition) is 2. The number of fused-ring (bicyclic) bond motifs is 2. The summed E-state index contributed by atoms with van der Waals surface area (Å²) in [6.07, 6.45) is 8.30. The molecule has 4 aliphatic rings. The van der Waals surface area contributed by atoms with E-state index in [1.807, 2.05) is 18.2 Å². The van der Waals surface area contributed by atoms with Gasteiger partial charge >= 0.3 is 0 Å². The van der Waals surface area contributed by atoms with E-state index in [0.717, 1.165) is 75.2 Å². The summed E-state index contributed by atoms with van der Waals surface area (Å²) in [5.41, 5.74) is 3.28. The lowest BCUT2D eigenvalue weighted by Gasteiger charge is -2.34. The maximum absolute atomic E-state index is 13.5. The Kier molecular flexibility index (Phi) is 5.65. The molecule has 4 heterocycles. The second-order valence-corrected chi connectivity index (χ2v) is 12.6. The van der Waals surface area contributed by atoms with Crippen LogP contribution in [0.1, 0.15) is 36.9 Å². The lowest BCUT2D eigenvalue weighted by atomic mass is 9.82. The molecular formula is C32H36N8O2. The molecule has 42 heavy (non-hydrogen) atoms. The largest absolute Gasteiger partial charge is 0.383 e. The van der Waals surface area contributed by atoms with Crippen molar-refractivity contribution in [1.82, 2.24) is 29.2 Å². The first kappa shape index (κ1) is 25.7. The molecule has 10 heteroatoms. The molecule has 3 aliphatic carbocycles. The fourth-order valence-electron chi connectivity index (χ4n) is 7.21. The van der Waals surface area contributed by atoms with Crippen LogP contribution in [-0.4, -0.2) is 67.5 Å². The monoisotopic (exact) mass is 564 g/mol. The Labute approximate surface area is 244 Å². The van der Waals surface area contributed by atoms with E-state index in [9.17, 15) is 9.90 Å². The van der Waals surface area contributed by atoms with Gasteiger partial charge in [0.05, 0.1) is 12.2 Å². The number of nitrogens with zero attached hydrogens (tertiary/aromatic N) is 7. The van der Waals surface area contributed by atoms with E-state index < -0.39 is 5.60 Å². The van der Waals surface area contributed by atoms with Crippen LogP contribution in [0.15, 0.2) is 60.0 Å². The first-order valence-electron chi connectivity index (χ1n) is 15.0. The zero-order chi connectivity index (χ0) is 28.6. The third-order valence-electron chi connectivity index (χ3n) is 9.87. The van der Waals surface area contributed by atoms with Gasteiger partial charge in [-0.05, 0) is 81.0 Å². The number of hydrogen-bond acceptors (Lipinski definition) is 8. The Hall–Kier alpha value is -4.02. The maximum atomic E-state index is 13.5. The number of pyridine rings is 1. The van der Waals surface area contributed by atoms with Crippen molar-refractivity contribution in [2.75, 3.05) is 43.4 Å². The average Bonchev–Trinajstić information content (AvgIpc) is 3.93. The normalized spacial score (nSPS) is 23.0. The van der Waals surface area contributed by atoms with Gasteiger partial charge < -0.3 is 20.2 Å². The number of rotatable bonds is 7. The van der Waals surface area contributed by atoms with Crippen LogP contribution in [0.4, 0.5) is 17.3 Å². The van der Waals surface area contributed by atoms with E-state index in [2.05, 4.69) is 51.9 Å². The number of aromatic nitrogens is 5. The van der Waals surface area contributed by atoms with Crippen LogP contribution >= 0.6 is 0 Å². The zero-order valence-electron chi connectivity index (χ0n) is 24.0. The quantitative estimate of drug-likeness (QED) is 0.328. The number of nitrogens with one attached hydrogen (secondary N) is 1. The predicted molar refractivity (Wildman–Crippen MR) is 163 cm³/mol. The van der Waals surface area contributed by atoms with E-state index in [1.54, 1.807) is 21.6 Å². The molecule has 3 fully saturated rings. The van der Waals surface area contributed by atoms with Gasteiger partial charge in [-0.2, -0.15) is 4.98 Å².